The standard InChI is InChI=1S/C23H19ClN4O/c1-13-6-8-17(27-22(29)18-5-3-4-14(2)21(18)24)11-19(13)15-7-9-20-16(10-15)12-26-23(25)28-20/h3-12H,1-2H3,(H,27,29)(H2,25,26,28). The highest BCUT2D eigenvalue weighted by Gasteiger charge is 2.13. The summed E-state index contributed by atoms with van der Waals surface area (Å²) in [4.78, 5) is 21.0. The maximum Gasteiger partial charge on any atom is 0.257 e. The molecule has 29 heavy (non-hydrogen) atoms. The first-order valence-electron chi connectivity index (χ1n) is 9.12. The van der Waals surface area contributed by atoms with Crippen LogP contribution in [0.2, 0.25) is 5.02 Å². The van der Waals surface area contributed by atoms with Crippen LogP contribution < -0.4 is 11.1 Å². The quantitative estimate of drug-likeness (QED) is 0.480. The van der Waals surface area contributed by atoms with Crippen molar-refractivity contribution in [2.24, 2.45) is 0 Å². The summed E-state index contributed by atoms with van der Waals surface area (Å²) in [6.07, 6.45) is 1.71. The van der Waals surface area contributed by atoms with E-state index >= 15 is 0 Å². The summed E-state index contributed by atoms with van der Waals surface area (Å²) in [7, 11) is 0. The van der Waals surface area contributed by atoms with Crippen LogP contribution in [0.4, 0.5) is 11.6 Å². The molecule has 3 N–H and O–H groups in total. The van der Waals surface area contributed by atoms with Crippen molar-refractivity contribution in [2.45, 2.75) is 13.8 Å². The number of benzene rings is 3. The van der Waals surface area contributed by atoms with Crippen molar-refractivity contribution < 1.29 is 4.79 Å². The zero-order valence-corrected chi connectivity index (χ0v) is 16.8. The van der Waals surface area contributed by atoms with Crippen LogP contribution >= 0.6 is 11.6 Å². The van der Waals surface area contributed by atoms with Crippen LogP contribution in [0, 0.1) is 13.8 Å². The molecule has 0 fully saturated rings. The fraction of sp³-hybridized carbons (Fsp3) is 0.0870. The second-order valence-electron chi connectivity index (χ2n) is 6.92. The number of fused-ring (bicyclic) bond motifs is 1. The SMILES string of the molecule is Cc1ccc(NC(=O)c2cccc(C)c2Cl)cc1-c1ccc2nc(N)ncc2c1. The summed E-state index contributed by atoms with van der Waals surface area (Å²) in [5.74, 6) is 0.0110. The zero-order valence-electron chi connectivity index (χ0n) is 16.0. The minimum absolute atomic E-state index is 0.240. The lowest BCUT2D eigenvalue weighted by Gasteiger charge is -2.12. The van der Waals surface area contributed by atoms with E-state index in [1.165, 1.54) is 0 Å². The molecular weight excluding hydrogens is 384 g/mol. The Morgan fingerprint density at radius 2 is 1.86 bits per heavy atom. The molecular formula is C23H19ClN4O. The van der Waals surface area contributed by atoms with E-state index in [0.29, 0.717) is 16.3 Å². The monoisotopic (exact) mass is 402 g/mol. The Balaban J connectivity index is 1.68. The number of rotatable bonds is 3. The second-order valence-corrected chi connectivity index (χ2v) is 7.30. The Morgan fingerprint density at radius 3 is 2.69 bits per heavy atom. The Morgan fingerprint density at radius 1 is 1.03 bits per heavy atom. The number of hydrogen-bond donors (Lipinski definition) is 2. The van der Waals surface area contributed by atoms with Crippen molar-refractivity contribution in [3.63, 3.8) is 0 Å². The van der Waals surface area contributed by atoms with E-state index in [4.69, 9.17) is 17.3 Å². The molecule has 0 spiro atoms. The van der Waals surface area contributed by atoms with Crippen LogP contribution in [0.15, 0.2) is 60.8 Å². The Bertz CT molecular complexity index is 1250. The summed E-state index contributed by atoms with van der Waals surface area (Å²) in [6, 6.07) is 17.1. The number of carbonyl (C=O) groups is 1. The van der Waals surface area contributed by atoms with Gasteiger partial charge >= 0.3 is 0 Å². The number of nitrogen functional groups attached to an aromatic ring is 1. The largest absolute Gasteiger partial charge is 0.368 e. The van der Waals surface area contributed by atoms with Crippen LogP contribution in [0.5, 0.6) is 0 Å². The number of aryl methyl sites for hydroxylation is 2. The molecule has 1 amide bonds. The lowest BCUT2D eigenvalue weighted by molar-refractivity contribution is 0.102. The summed E-state index contributed by atoms with van der Waals surface area (Å²) in [6.45, 7) is 3.90. The first kappa shape index (κ1) is 18.9. The number of amides is 1. The average molecular weight is 403 g/mol. The smallest absolute Gasteiger partial charge is 0.257 e. The molecule has 0 radical (unpaired) electrons. The molecule has 3 aromatic carbocycles. The molecule has 4 aromatic rings. The Labute approximate surface area is 173 Å². The number of anilines is 2. The van der Waals surface area contributed by atoms with E-state index in [1.807, 2.05) is 62.4 Å². The molecule has 1 heterocycles. The predicted molar refractivity (Wildman–Crippen MR) is 118 cm³/mol. The summed E-state index contributed by atoms with van der Waals surface area (Å²) in [5, 5.41) is 4.31. The molecule has 6 heteroatoms. The number of carbonyl (C=O) groups excluding carboxylic acids is 1. The van der Waals surface area contributed by atoms with Gasteiger partial charge in [-0.2, -0.15) is 0 Å². The van der Waals surface area contributed by atoms with E-state index in [-0.39, 0.29) is 11.9 Å². The van der Waals surface area contributed by atoms with Gasteiger partial charge in [-0.15, -0.1) is 0 Å². The van der Waals surface area contributed by atoms with E-state index in [1.54, 1.807) is 12.3 Å². The number of aromatic nitrogens is 2. The minimum atomic E-state index is -0.240. The van der Waals surface area contributed by atoms with Gasteiger partial charge in [-0.1, -0.05) is 35.9 Å². The molecule has 144 valence electrons. The summed E-state index contributed by atoms with van der Waals surface area (Å²) < 4.78 is 0. The first-order valence-corrected chi connectivity index (χ1v) is 9.50. The topological polar surface area (TPSA) is 80.9 Å². The maximum absolute atomic E-state index is 12.7. The predicted octanol–water partition coefficient (Wildman–Crippen LogP) is 5.40. The third-order valence-corrected chi connectivity index (χ3v) is 5.34. The minimum Gasteiger partial charge on any atom is -0.368 e. The van der Waals surface area contributed by atoms with Crippen molar-refractivity contribution >= 4 is 40.0 Å². The molecule has 0 aliphatic rings. The zero-order chi connectivity index (χ0) is 20.5. The highest BCUT2D eigenvalue weighted by molar-refractivity contribution is 6.35. The van der Waals surface area contributed by atoms with Crippen LogP contribution in [-0.2, 0) is 0 Å². The summed E-state index contributed by atoms with van der Waals surface area (Å²) in [5.41, 5.74) is 11.6. The van der Waals surface area contributed by atoms with Gasteiger partial charge in [0.05, 0.1) is 16.1 Å². The molecule has 0 aliphatic carbocycles. The second kappa shape index (κ2) is 7.53. The van der Waals surface area contributed by atoms with Gasteiger partial charge in [0.15, 0.2) is 0 Å². The van der Waals surface area contributed by atoms with E-state index < -0.39 is 0 Å². The molecule has 5 nitrogen and oxygen atoms in total. The van der Waals surface area contributed by atoms with Gasteiger partial charge in [0.1, 0.15) is 0 Å². The number of nitrogens with one attached hydrogen (secondary N) is 1. The normalized spacial score (nSPS) is 10.9. The molecule has 0 saturated carbocycles. The highest BCUT2D eigenvalue weighted by atomic mass is 35.5. The van der Waals surface area contributed by atoms with Gasteiger partial charge in [-0.05, 0) is 66.4 Å². The molecule has 0 unspecified atom stereocenters. The van der Waals surface area contributed by atoms with Crippen LogP contribution in [-0.4, -0.2) is 15.9 Å². The van der Waals surface area contributed by atoms with Crippen LogP contribution in [0.3, 0.4) is 0 Å². The van der Waals surface area contributed by atoms with Crippen molar-refractivity contribution in [3.05, 3.63) is 82.5 Å². The Hall–Kier alpha value is -3.44. The van der Waals surface area contributed by atoms with Gasteiger partial charge in [-0.3, -0.25) is 4.79 Å². The molecule has 0 atom stereocenters. The Kier molecular flexibility index (Phi) is 4.91. The van der Waals surface area contributed by atoms with E-state index in [0.717, 1.165) is 33.2 Å². The molecule has 4 rings (SSSR count). The third-order valence-electron chi connectivity index (χ3n) is 4.84. The van der Waals surface area contributed by atoms with Crippen molar-refractivity contribution in [1.29, 1.82) is 0 Å². The average Bonchev–Trinajstić information content (AvgIpc) is 2.71. The molecule has 1 aromatic heterocycles. The van der Waals surface area contributed by atoms with Gasteiger partial charge in [0.25, 0.3) is 5.91 Å². The van der Waals surface area contributed by atoms with Crippen molar-refractivity contribution in [3.8, 4) is 11.1 Å². The van der Waals surface area contributed by atoms with Crippen LogP contribution in [0.25, 0.3) is 22.0 Å². The van der Waals surface area contributed by atoms with Crippen molar-refractivity contribution in [1.82, 2.24) is 9.97 Å². The molecule has 0 bridgehead atoms. The number of halogens is 1. The van der Waals surface area contributed by atoms with Gasteiger partial charge < -0.3 is 11.1 Å². The molecule has 0 aliphatic heterocycles. The highest BCUT2D eigenvalue weighted by Crippen LogP contribution is 2.30. The first-order chi connectivity index (χ1) is 13.9. The van der Waals surface area contributed by atoms with Gasteiger partial charge in [0, 0.05) is 17.3 Å². The van der Waals surface area contributed by atoms with Gasteiger partial charge in [-0.25, -0.2) is 9.97 Å². The van der Waals surface area contributed by atoms with Gasteiger partial charge in [0.2, 0.25) is 5.95 Å². The van der Waals surface area contributed by atoms with E-state index in [9.17, 15) is 4.79 Å². The lowest BCUT2D eigenvalue weighted by atomic mass is 9.98. The number of nitrogens with zero attached hydrogens (tertiary/aromatic N) is 2. The third kappa shape index (κ3) is 3.77. The number of nitrogens with two attached hydrogens (primary N) is 1. The summed E-state index contributed by atoms with van der Waals surface area (Å²) >= 11 is 6.29. The lowest BCUT2D eigenvalue weighted by Crippen LogP contribution is -2.13. The fourth-order valence-electron chi connectivity index (χ4n) is 3.25. The maximum atomic E-state index is 12.7. The fourth-order valence-corrected chi connectivity index (χ4v) is 3.46. The van der Waals surface area contributed by atoms with Crippen LogP contribution in [0.1, 0.15) is 21.5 Å². The number of hydrogen-bond acceptors (Lipinski definition) is 4. The van der Waals surface area contributed by atoms with Crippen molar-refractivity contribution in [2.75, 3.05) is 11.1 Å². The molecule has 0 saturated heterocycles. The van der Waals surface area contributed by atoms with E-state index in [2.05, 4.69) is 15.3 Å².